The van der Waals surface area contributed by atoms with E-state index in [0.717, 1.165) is 31.4 Å². The molecule has 0 radical (unpaired) electrons. The summed E-state index contributed by atoms with van der Waals surface area (Å²) in [6.45, 7) is 8.62. The Hall–Kier alpha value is -0.530. The fourth-order valence-corrected chi connectivity index (χ4v) is 1.91. The maximum atomic E-state index is 8.98. The maximum absolute atomic E-state index is 8.98. The quantitative estimate of drug-likeness (QED) is 0.382. The molecule has 0 aromatic rings. The smallest absolute Gasteiger partial charge is 0.0632 e. The van der Waals surface area contributed by atoms with E-state index in [4.69, 9.17) is 5.21 Å². The average Bonchev–Trinajstić information content (AvgIpc) is 2.18. The van der Waals surface area contributed by atoms with E-state index in [-0.39, 0.29) is 0 Å². The molecule has 1 N–H and O–H groups in total. The van der Waals surface area contributed by atoms with Gasteiger partial charge < -0.3 is 5.21 Å². The van der Waals surface area contributed by atoms with E-state index in [1.165, 1.54) is 0 Å². The van der Waals surface area contributed by atoms with Crippen LogP contribution in [-0.2, 0) is 0 Å². The van der Waals surface area contributed by atoms with Crippen LogP contribution in [0, 0.1) is 11.8 Å². The van der Waals surface area contributed by atoms with Gasteiger partial charge in [-0.05, 0) is 25.7 Å². The summed E-state index contributed by atoms with van der Waals surface area (Å²) in [5.41, 5.74) is 1.01. The molecule has 0 fully saturated rings. The highest BCUT2D eigenvalue weighted by Gasteiger charge is 2.20. The molecule has 0 unspecified atom stereocenters. The molecule has 0 atom stereocenters. The van der Waals surface area contributed by atoms with Crippen LogP contribution in [0.4, 0.5) is 0 Å². The highest BCUT2D eigenvalue weighted by Crippen LogP contribution is 2.21. The molecule has 0 bridgehead atoms. The van der Waals surface area contributed by atoms with Crippen molar-refractivity contribution in [3.05, 3.63) is 0 Å². The van der Waals surface area contributed by atoms with Crippen molar-refractivity contribution in [2.24, 2.45) is 17.0 Å². The Morgan fingerprint density at radius 1 is 0.923 bits per heavy atom. The minimum atomic E-state index is 0.467. The molecule has 0 saturated carbocycles. The van der Waals surface area contributed by atoms with Crippen LogP contribution in [0.25, 0.3) is 0 Å². The van der Waals surface area contributed by atoms with Gasteiger partial charge in [-0.3, -0.25) is 0 Å². The fourth-order valence-electron chi connectivity index (χ4n) is 1.91. The molecule has 78 valence electrons. The zero-order valence-electron chi connectivity index (χ0n) is 9.38. The largest absolute Gasteiger partial charge is 0.411 e. The predicted octanol–water partition coefficient (Wildman–Crippen LogP) is 3.69. The topological polar surface area (TPSA) is 32.6 Å². The second-order valence-electron chi connectivity index (χ2n) is 3.55. The summed E-state index contributed by atoms with van der Waals surface area (Å²) in [6.07, 6.45) is 4.30. The van der Waals surface area contributed by atoms with Crippen molar-refractivity contribution in [3.63, 3.8) is 0 Å². The molecule has 0 rings (SSSR count). The molecule has 2 heteroatoms. The van der Waals surface area contributed by atoms with E-state index >= 15 is 0 Å². The van der Waals surface area contributed by atoms with E-state index in [2.05, 4.69) is 32.9 Å². The number of nitrogens with zero attached hydrogens (tertiary/aromatic N) is 1. The van der Waals surface area contributed by atoms with Crippen LogP contribution >= 0.6 is 0 Å². The van der Waals surface area contributed by atoms with Gasteiger partial charge in [0, 0.05) is 11.8 Å². The molecule has 0 amide bonds. The van der Waals surface area contributed by atoms with E-state index in [9.17, 15) is 0 Å². The molecule has 0 aliphatic heterocycles. The normalized spacial score (nSPS) is 10.9. The molecule has 0 aromatic heterocycles. The Kier molecular flexibility index (Phi) is 6.65. The highest BCUT2D eigenvalue weighted by molar-refractivity contribution is 5.88. The number of hydrogen-bond donors (Lipinski definition) is 1. The van der Waals surface area contributed by atoms with Crippen molar-refractivity contribution in [1.29, 1.82) is 0 Å². The highest BCUT2D eigenvalue weighted by atomic mass is 16.4. The van der Waals surface area contributed by atoms with E-state index in [1.54, 1.807) is 0 Å². The SMILES string of the molecule is CCC(CC)C(=NO)C(CC)CC. The third-order valence-corrected chi connectivity index (χ3v) is 2.92. The van der Waals surface area contributed by atoms with Gasteiger partial charge in [0.05, 0.1) is 5.71 Å². The molecule has 0 heterocycles. The first-order chi connectivity index (χ1) is 6.24. The Morgan fingerprint density at radius 2 is 1.23 bits per heavy atom. The molecule has 0 aliphatic carbocycles. The first-order valence-electron chi connectivity index (χ1n) is 5.46. The molecule has 13 heavy (non-hydrogen) atoms. The summed E-state index contributed by atoms with van der Waals surface area (Å²) in [6, 6.07) is 0. The van der Waals surface area contributed by atoms with E-state index in [1.807, 2.05) is 0 Å². The molecule has 0 aromatic carbocycles. The predicted molar refractivity (Wildman–Crippen MR) is 57.4 cm³/mol. The summed E-state index contributed by atoms with van der Waals surface area (Å²) in [5.74, 6) is 0.935. The Labute approximate surface area is 82.0 Å². The molecule has 0 aliphatic rings. The number of oxime groups is 1. The molecular weight excluding hydrogens is 162 g/mol. The van der Waals surface area contributed by atoms with Crippen molar-refractivity contribution >= 4 is 5.71 Å². The van der Waals surface area contributed by atoms with Gasteiger partial charge in [-0.25, -0.2) is 0 Å². The van der Waals surface area contributed by atoms with Crippen LogP contribution in [0.1, 0.15) is 53.4 Å². The summed E-state index contributed by atoms with van der Waals surface area (Å²) in [7, 11) is 0. The third kappa shape index (κ3) is 3.37. The first-order valence-corrected chi connectivity index (χ1v) is 5.46. The van der Waals surface area contributed by atoms with Crippen molar-refractivity contribution in [3.8, 4) is 0 Å². The van der Waals surface area contributed by atoms with Crippen LogP contribution < -0.4 is 0 Å². The lowest BCUT2D eigenvalue weighted by atomic mass is 9.85. The molecule has 0 spiro atoms. The monoisotopic (exact) mass is 185 g/mol. The van der Waals surface area contributed by atoms with E-state index in [0.29, 0.717) is 11.8 Å². The lowest BCUT2D eigenvalue weighted by Crippen LogP contribution is -2.22. The van der Waals surface area contributed by atoms with Crippen LogP contribution in [0.15, 0.2) is 5.16 Å². The first kappa shape index (κ1) is 12.5. The van der Waals surface area contributed by atoms with Crippen LogP contribution in [0.5, 0.6) is 0 Å². The number of hydrogen-bond acceptors (Lipinski definition) is 2. The van der Waals surface area contributed by atoms with Gasteiger partial charge in [0.2, 0.25) is 0 Å². The summed E-state index contributed by atoms with van der Waals surface area (Å²) in [4.78, 5) is 0. The van der Waals surface area contributed by atoms with Crippen molar-refractivity contribution in [1.82, 2.24) is 0 Å². The zero-order valence-corrected chi connectivity index (χ0v) is 9.38. The zero-order chi connectivity index (χ0) is 10.3. The maximum Gasteiger partial charge on any atom is 0.0632 e. The van der Waals surface area contributed by atoms with Crippen molar-refractivity contribution in [2.75, 3.05) is 0 Å². The van der Waals surface area contributed by atoms with Gasteiger partial charge in [-0.2, -0.15) is 0 Å². The summed E-state index contributed by atoms with van der Waals surface area (Å²) >= 11 is 0. The second-order valence-corrected chi connectivity index (χ2v) is 3.55. The lowest BCUT2D eigenvalue weighted by molar-refractivity contribution is 0.307. The van der Waals surface area contributed by atoms with Crippen molar-refractivity contribution < 1.29 is 5.21 Å². The minimum absolute atomic E-state index is 0.467. The van der Waals surface area contributed by atoms with Gasteiger partial charge in [-0.1, -0.05) is 32.9 Å². The van der Waals surface area contributed by atoms with Gasteiger partial charge in [0.15, 0.2) is 0 Å². The Bertz CT molecular complexity index is 132. The van der Waals surface area contributed by atoms with Crippen LogP contribution in [0.2, 0.25) is 0 Å². The van der Waals surface area contributed by atoms with Gasteiger partial charge in [-0.15, -0.1) is 0 Å². The second kappa shape index (κ2) is 6.93. The number of rotatable bonds is 6. The molecule has 0 saturated heterocycles. The summed E-state index contributed by atoms with van der Waals surface area (Å²) in [5, 5.41) is 12.5. The molecule has 2 nitrogen and oxygen atoms in total. The van der Waals surface area contributed by atoms with Gasteiger partial charge in [0.1, 0.15) is 0 Å². The standard InChI is InChI=1S/C11H23NO/c1-5-9(6-2)11(12-13)10(7-3)8-4/h9-10,13H,5-8H2,1-4H3. The van der Waals surface area contributed by atoms with Gasteiger partial charge >= 0.3 is 0 Å². The molecular formula is C11H23NO. The fraction of sp³-hybridized carbons (Fsp3) is 0.909. The van der Waals surface area contributed by atoms with Crippen LogP contribution in [-0.4, -0.2) is 10.9 Å². The van der Waals surface area contributed by atoms with Crippen LogP contribution in [0.3, 0.4) is 0 Å². The van der Waals surface area contributed by atoms with Crippen molar-refractivity contribution in [2.45, 2.75) is 53.4 Å². The third-order valence-electron chi connectivity index (χ3n) is 2.92. The lowest BCUT2D eigenvalue weighted by Gasteiger charge is -2.21. The average molecular weight is 185 g/mol. The minimum Gasteiger partial charge on any atom is -0.411 e. The Morgan fingerprint density at radius 3 is 1.38 bits per heavy atom. The van der Waals surface area contributed by atoms with Gasteiger partial charge in [0.25, 0.3) is 0 Å². The summed E-state index contributed by atoms with van der Waals surface area (Å²) < 4.78 is 0. The Balaban J connectivity index is 4.47. The van der Waals surface area contributed by atoms with E-state index < -0.39 is 0 Å².